The van der Waals surface area contributed by atoms with E-state index in [0.717, 1.165) is 35.2 Å². The third-order valence-electron chi connectivity index (χ3n) is 4.40. The van der Waals surface area contributed by atoms with Crippen LogP contribution >= 0.6 is 22.9 Å². The number of nitrogens with one attached hydrogen (secondary N) is 2. The minimum absolute atomic E-state index is 0.0183. The molecule has 2 N–H and O–H groups in total. The Balaban J connectivity index is 1.41. The first-order chi connectivity index (χ1) is 13.5. The van der Waals surface area contributed by atoms with Gasteiger partial charge < -0.3 is 15.4 Å². The molecule has 1 saturated heterocycles. The molecule has 1 fully saturated rings. The quantitative estimate of drug-likeness (QED) is 0.721. The molecule has 0 saturated carbocycles. The normalized spacial score (nSPS) is 17.3. The summed E-state index contributed by atoms with van der Waals surface area (Å²) in [4.78, 5) is 26.8. The molecule has 1 aliphatic heterocycles. The zero-order valence-electron chi connectivity index (χ0n) is 15.7. The summed E-state index contributed by atoms with van der Waals surface area (Å²) in [6.07, 6.45) is 0.278. The summed E-state index contributed by atoms with van der Waals surface area (Å²) in [5.41, 5.74) is 1.62. The number of nitrogens with zero attached hydrogens (tertiary/aromatic N) is 1. The number of anilines is 1. The predicted octanol–water partition coefficient (Wildman–Crippen LogP) is 2.92. The molecule has 0 bridgehead atoms. The number of morpholine rings is 1. The highest BCUT2D eigenvalue weighted by Crippen LogP contribution is 2.23. The van der Waals surface area contributed by atoms with Crippen LogP contribution < -0.4 is 10.6 Å². The zero-order chi connectivity index (χ0) is 19.9. The molecular weight excluding hydrogens is 398 g/mol. The van der Waals surface area contributed by atoms with Gasteiger partial charge in [0.1, 0.15) is 0 Å². The van der Waals surface area contributed by atoms with E-state index in [0.29, 0.717) is 19.6 Å². The molecule has 2 aromatic rings. The summed E-state index contributed by atoms with van der Waals surface area (Å²) in [6, 6.07) is 11.2. The molecule has 6 nitrogen and oxygen atoms in total. The molecule has 1 aromatic heterocycles. The van der Waals surface area contributed by atoms with Gasteiger partial charge in [0.05, 0.1) is 23.5 Å². The van der Waals surface area contributed by atoms with E-state index in [-0.39, 0.29) is 17.9 Å². The lowest BCUT2D eigenvalue weighted by Crippen LogP contribution is -2.47. The number of hydrogen-bond acceptors (Lipinski definition) is 5. The van der Waals surface area contributed by atoms with Crippen LogP contribution in [0.3, 0.4) is 0 Å². The van der Waals surface area contributed by atoms with Gasteiger partial charge in [-0.25, -0.2) is 0 Å². The van der Waals surface area contributed by atoms with Crippen molar-refractivity contribution in [3.63, 3.8) is 0 Å². The molecule has 1 unspecified atom stereocenters. The highest BCUT2D eigenvalue weighted by molar-refractivity contribution is 7.16. The molecule has 150 valence electrons. The lowest BCUT2D eigenvalue weighted by molar-refractivity contribution is -0.121. The fourth-order valence-corrected chi connectivity index (χ4v) is 4.22. The molecule has 1 atom stereocenters. The van der Waals surface area contributed by atoms with Crippen LogP contribution in [-0.4, -0.2) is 49.1 Å². The van der Waals surface area contributed by atoms with Gasteiger partial charge in [0, 0.05) is 43.7 Å². The van der Waals surface area contributed by atoms with Crippen LogP contribution in [0.4, 0.5) is 5.69 Å². The van der Waals surface area contributed by atoms with Crippen molar-refractivity contribution in [2.45, 2.75) is 26.0 Å². The molecule has 1 aromatic carbocycles. The van der Waals surface area contributed by atoms with Crippen molar-refractivity contribution in [2.24, 2.45) is 0 Å². The summed E-state index contributed by atoms with van der Waals surface area (Å²) in [5.74, 6) is -0.160. The average molecular weight is 422 g/mol. The topological polar surface area (TPSA) is 70.7 Å². The number of benzene rings is 1. The second kappa shape index (κ2) is 10.0. The van der Waals surface area contributed by atoms with Crippen LogP contribution in [0.2, 0.25) is 4.34 Å². The zero-order valence-corrected chi connectivity index (χ0v) is 17.3. The van der Waals surface area contributed by atoms with E-state index in [1.54, 1.807) is 23.5 Å². The maximum Gasteiger partial charge on any atom is 0.224 e. The lowest BCUT2D eigenvalue weighted by Gasteiger charge is -2.32. The van der Waals surface area contributed by atoms with Crippen LogP contribution in [0.25, 0.3) is 0 Å². The molecule has 28 heavy (non-hydrogen) atoms. The van der Waals surface area contributed by atoms with Crippen molar-refractivity contribution in [3.8, 4) is 0 Å². The average Bonchev–Trinajstić information content (AvgIpc) is 3.06. The number of amides is 2. The Morgan fingerprint density at radius 2 is 2.04 bits per heavy atom. The summed E-state index contributed by atoms with van der Waals surface area (Å²) < 4.78 is 6.59. The maximum atomic E-state index is 12.2. The van der Waals surface area contributed by atoms with Gasteiger partial charge >= 0.3 is 0 Å². The summed E-state index contributed by atoms with van der Waals surface area (Å²) in [7, 11) is 0. The molecule has 0 radical (unpaired) electrons. The Kier molecular flexibility index (Phi) is 7.44. The Labute approximate surface area is 173 Å². The first-order valence-corrected chi connectivity index (χ1v) is 10.4. The Bertz CT molecular complexity index is 809. The number of rotatable bonds is 7. The summed E-state index contributed by atoms with van der Waals surface area (Å²) >= 11 is 7.59. The van der Waals surface area contributed by atoms with Crippen LogP contribution in [0.1, 0.15) is 17.4 Å². The van der Waals surface area contributed by atoms with E-state index in [1.807, 2.05) is 18.2 Å². The molecule has 3 rings (SSSR count). The number of ether oxygens (including phenoxy) is 1. The highest BCUT2D eigenvalue weighted by Gasteiger charge is 2.21. The van der Waals surface area contributed by atoms with E-state index in [9.17, 15) is 9.59 Å². The van der Waals surface area contributed by atoms with Gasteiger partial charge in [-0.05, 0) is 29.8 Å². The minimum Gasteiger partial charge on any atom is -0.374 e. The molecule has 8 heteroatoms. The summed E-state index contributed by atoms with van der Waals surface area (Å²) in [6.45, 7) is 5.12. The third kappa shape index (κ3) is 6.60. The van der Waals surface area contributed by atoms with Crippen molar-refractivity contribution >= 4 is 40.4 Å². The van der Waals surface area contributed by atoms with Crippen molar-refractivity contribution in [2.75, 3.05) is 31.6 Å². The number of carbonyl (C=O) groups is 2. The lowest BCUT2D eigenvalue weighted by atomic mass is 10.1. The number of halogens is 1. The second-order valence-corrected chi connectivity index (χ2v) is 8.59. The number of hydrogen-bond donors (Lipinski definition) is 2. The van der Waals surface area contributed by atoms with Crippen LogP contribution in [0.15, 0.2) is 36.4 Å². The number of thiophene rings is 1. The molecule has 2 heterocycles. The summed E-state index contributed by atoms with van der Waals surface area (Å²) in [5, 5.41) is 5.67. The van der Waals surface area contributed by atoms with Crippen LogP contribution in [-0.2, 0) is 27.3 Å². The highest BCUT2D eigenvalue weighted by atomic mass is 35.5. The smallest absolute Gasteiger partial charge is 0.224 e. The van der Waals surface area contributed by atoms with Crippen molar-refractivity contribution in [1.82, 2.24) is 10.2 Å². The van der Waals surface area contributed by atoms with Gasteiger partial charge in [-0.3, -0.25) is 14.5 Å². The standard InChI is InChI=1S/C20H24ClN3O3S/c1-14(25)23-16-4-2-15(3-5-16)10-20(26)22-11-17-12-24(8-9-27-17)13-18-6-7-19(21)28-18/h2-7,17H,8-13H2,1H3,(H,22,26)(H,23,25). The van der Waals surface area contributed by atoms with Gasteiger partial charge in [-0.2, -0.15) is 0 Å². The minimum atomic E-state index is -0.116. The largest absolute Gasteiger partial charge is 0.374 e. The molecule has 1 aliphatic rings. The van der Waals surface area contributed by atoms with Gasteiger partial charge in [0.15, 0.2) is 0 Å². The van der Waals surface area contributed by atoms with Crippen molar-refractivity contribution in [3.05, 3.63) is 51.2 Å². The Morgan fingerprint density at radius 3 is 2.71 bits per heavy atom. The fourth-order valence-electron chi connectivity index (χ4n) is 3.09. The first-order valence-electron chi connectivity index (χ1n) is 9.19. The van der Waals surface area contributed by atoms with E-state index in [4.69, 9.17) is 16.3 Å². The van der Waals surface area contributed by atoms with Crippen molar-refractivity contribution < 1.29 is 14.3 Å². The van der Waals surface area contributed by atoms with E-state index < -0.39 is 0 Å². The fraction of sp³-hybridized carbons (Fsp3) is 0.400. The predicted molar refractivity (Wildman–Crippen MR) is 112 cm³/mol. The first kappa shape index (κ1) is 20.8. The molecule has 0 aliphatic carbocycles. The monoisotopic (exact) mass is 421 g/mol. The van der Waals surface area contributed by atoms with Gasteiger partial charge in [-0.1, -0.05) is 23.7 Å². The van der Waals surface area contributed by atoms with Gasteiger partial charge in [-0.15, -0.1) is 11.3 Å². The van der Waals surface area contributed by atoms with Gasteiger partial charge in [0.25, 0.3) is 0 Å². The Morgan fingerprint density at radius 1 is 1.25 bits per heavy atom. The third-order valence-corrected chi connectivity index (χ3v) is 5.61. The number of carbonyl (C=O) groups excluding carboxylic acids is 2. The van der Waals surface area contributed by atoms with E-state index in [2.05, 4.69) is 21.6 Å². The Hall–Kier alpha value is -1.93. The van der Waals surface area contributed by atoms with E-state index >= 15 is 0 Å². The molecule has 2 amide bonds. The van der Waals surface area contributed by atoms with E-state index in [1.165, 1.54) is 11.8 Å². The SMILES string of the molecule is CC(=O)Nc1ccc(CC(=O)NCC2CN(Cc3ccc(Cl)s3)CCO2)cc1. The van der Waals surface area contributed by atoms with Crippen molar-refractivity contribution in [1.29, 1.82) is 0 Å². The molecule has 0 spiro atoms. The van der Waals surface area contributed by atoms with Crippen LogP contribution in [0, 0.1) is 0 Å². The van der Waals surface area contributed by atoms with Crippen LogP contribution in [0.5, 0.6) is 0 Å². The molecular formula is C20H24ClN3O3S. The maximum absolute atomic E-state index is 12.2. The van der Waals surface area contributed by atoms with Gasteiger partial charge in [0.2, 0.25) is 11.8 Å². The second-order valence-electron chi connectivity index (χ2n) is 6.79.